The SMILES string of the molecule is CC1=Nc2ncc(-c3cn(C)c(=O)c4[nH]ccc34)cc2C1. The number of H-pyrrole nitrogens is 1. The number of hydrogen-bond acceptors (Lipinski definition) is 3. The van der Waals surface area contributed by atoms with E-state index < -0.39 is 0 Å². The van der Waals surface area contributed by atoms with Crippen molar-refractivity contribution in [1.82, 2.24) is 14.5 Å². The lowest BCUT2D eigenvalue weighted by Crippen LogP contribution is -2.16. The summed E-state index contributed by atoms with van der Waals surface area (Å²) in [6.07, 6.45) is 6.33. The lowest BCUT2D eigenvalue weighted by Gasteiger charge is -2.08. The normalized spacial score (nSPS) is 13.5. The molecule has 4 rings (SSSR count). The maximum Gasteiger partial charge on any atom is 0.274 e. The van der Waals surface area contributed by atoms with Gasteiger partial charge in [0.05, 0.1) is 0 Å². The molecule has 3 aromatic rings. The molecule has 0 atom stereocenters. The van der Waals surface area contributed by atoms with Crippen LogP contribution in [0.15, 0.2) is 40.5 Å². The fraction of sp³-hybridized carbons (Fsp3) is 0.188. The van der Waals surface area contributed by atoms with Crippen molar-refractivity contribution in [2.24, 2.45) is 12.0 Å². The van der Waals surface area contributed by atoms with Crippen molar-refractivity contribution >= 4 is 22.4 Å². The summed E-state index contributed by atoms with van der Waals surface area (Å²) in [5.74, 6) is 0.811. The van der Waals surface area contributed by atoms with Gasteiger partial charge in [-0.3, -0.25) is 4.79 Å². The molecule has 21 heavy (non-hydrogen) atoms. The Morgan fingerprint density at radius 1 is 1.38 bits per heavy atom. The second-order valence-corrected chi connectivity index (χ2v) is 5.46. The average molecular weight is 278 g/mol. The Morgan fingerprint density at radius 3 is 3.10 bits per heavy atom. The summed E-state index contributed by atoms with van der Waals surface area (Å²) in [6.45, 7) is 2.01. The number of aromatic amines is 1. The average Bonchev–Trinajstić information content (AvgIpc) is 3.07. The van der Waals surface area contributed by atoms with Gasteiger partial charge in [-0.05, 0) is 19.1 Å². The highest BCUT2D eigenvalue weighted by Crippen LogP contribution is 2.31. The van der Waals surface area contributed by atoms with Crippen LogP contribution in [0.25, 0.3) is 22.0 Å². The van der Waals surface area contributed by atoms with E-state index in [0.29, 0.717) is 5.52 Å². The van der Waals surface area contributed by atoms with Gasteiger partial charge in [0.1, 0.15) is 5.52 Å². The first-order valence-corrected chi connectivity index (χ1v) is 6.83. The van der Waals surface area contributed by atoms with Crippen LogP contribution in [0.5, 0.6) is 0 Å². The predicted octanol–water partition coefficient (Wildman–Crippen LogP) is 2.58. The molecule has 0 spiro atoms. The highest BCUT2D eigenvalue weighted by molar-refractivity contribution is 5.96. The molecule has 104 valence electrons. The summed E-state index contributed by atoms with van der Waals surface area (Å²) in [5.41, 5.74) is 4.85. The molecule has 0 aliphatic carbocycles. The van der Waals surface area contributed by atoms with E-state index in [4.69, 9.17) is 0 Å². The highest BCUT2D eigenvalue weighted by Gasteiger charge is 2.16. The van der Waals surface area contributed by atoms with Gasteiger partial charge < -0.3 is 9.55 Å². The Kier molecular flexibility index (Phi) is 2.39. The van der Waals surface area contributed by atoms with Crippen LogP contribution in [0, 0.1) is 0 Å². The van der Waals surface area contributed by atoms with Crippen LogP contribution < -0.4 is 5.56 Å². The lowest BCUT2D eigenvalue weighted by atomic mass is 10.0. The third-order valence-corrected chi connectivity index (χ3v) is 3.89. The van der Waals surface area contributed by atoms with E-state index >= 15 is 0 Å². The van der Waals surface area contributed by atoms with Crippen LogP contribution in [0.3, 0.4) is 0 Å². The monoisotopic (exact) mass is 278 g/mol. The van der Waals surface area contributed by atoms with E-state index in [0.717, 1.165) is 40.0 Å². The molecule has 0 amide bonds. The summed E-state index contributed by atoms with van der Waals surface area (Å²) in [5, 5.41) is 0.926. The fourth-order valence-electron chi connectivity index (χ4n) is 2.88. The van der Waals surface area contributed by atoms with Gasteiger partial charge in [0.25, 0.3) is 5.56 Å². The van der Waals surface area contributed by atoms with Gasteiger partial charge in [0.2, 0.25) is 0 Å². The Bertz CT molecular complexity index is 962. The van der Waals surface area contributed by atoms with Crippen LogP contribution in [-0.4, -0.2) is 20.2 Å². The molecular weight excluding hydrogens is 264 g/mol. The van der Waals surface area contributed by atoms with Gasteiger partial charge in [-0.2, -0.15) is 0 Å². The quantitative estimate of drug-likeness (QED) is 0.743. The molecule has 4 heterocycles. The van der Waals surface area contributed by atoms with E-state index in [-0.39, 0.29) is 5.56 Å². The van der Waals surface area contributed by atoms with Crippen LogP contribution in [0.2, 0.25) is 0 Å². The summed E-state index contributed by atoms with van der Waals surface area (Å²) >= 11 is 0. The predicted molar refractivity (Wildman–Crippen MR) is 83.2 cm³/mol. The van der Waals surface area contributed by atoms with E-state index in [1.54, 1.807) is 17.8 Å². The van der Waals surface area contributed by atoms with Gasteiger partial charge in [-0.15, -0.1) is 0 Å². The minimum Gasteiger partial charge on any atom is -0.357 e. The van der Waals surface area contributed by atoms with E-state index in [1.807, 2.05) is 25.4 Å². The van der Waals surface area contributed by atoms with E-state index in [2.05, 4.69) is 21.0 Å². The number of rotatable bonds is 1. The topological polar surface area (TPSA) is 63.0 Å². The van der Waals surface area contributed by atoms with Crippen LogP contribution in [0.1, 0.15) is 12.5 Å². The minimum absolute atomic E-state index is 0.0213. The number of fused-ring (bicyclic) bond motifs is 2. The standard InChI is InChI=1S/C16H14N4O/c1-9-5-10-6-11(7-18-15(10)19-9)13-8-20(2)16(21)14-12(13)3-4-17-14/h3-4,6-8,17H,5H2,1-2H3. The molecule has 5 heteroatoms. The van der Waals surface area contributed by atoms with Gasteiger partial charge >= 0.3 is 0 Å². The van der Waals surface area contributed by atoms with E-state index in [9.17, 15) is 4.79 Å². The Morgan fingerprint density at radius 2 is 2.24 bits per heavy atom. The van der Waals surface area contributed by atoms with Gasteiger partial charge in [0.15, 0.2) is 5.82 Å². The van der Waals surface area contributed by atoms with Crippen molar-refractivity contribution in [1.29, 1.82) is 0 Å². The summed E-state index contributed by atoms with van der Waals surface area (Å²) < 4.78 is 1.60. The summed E-state index contributed by atoms with van der Waals surface area (Å²) in [6, 6.07) is 4.05. The van der Waals surface area contributed by atoms with Gasteiger partial charge in [-0.1, -0.05) is 0 Å². The number of aryl methyl sites for hydroxylation is 1. The van der Waals surface area contributed by atoms with Crippen LogP contribution in [-0.2, 0) is 13.5 Å². The first-order valence-electron chi connectivity index (χ1n) is 6.83. The molecule has 5 nitrogen and oxygen atoms in total. The number of aliphatic imine (C=N–C) groups is 1. The molecule has 1 aliphatic rings. The zero-order chi connectivity index (χ0) is 14.6. The second-order valence-electron chi connectivity index (χ2n) is 5.46. The Labute approximate surface area is 121 Å². The largest absolute Gasteiger partial charge is 0.357 e. The van der Waals surface area contributed by atoms with Crippen molar-refractivity contribution in [3.8, 4) is 11.1 Å². The molecule has 0 aromatic carbocycles. The number of nitrogens with one attached hydrogen (secondary N) is 1. The smallest absolute Gasteiger partial charge is 0.274 e. The van der Waals surface area contributed by atoms with E-state index in [1.165, 1.54) is 0 Å². The minimum atomic E-state index is -0.0213. The third kappa shape index (κ3) is 1.74. The van der Waals surface area contributed by atoms with Gasteiger partial charge in [-0.25, -0.2) is 9.98 Å². The highest BCUT2D eigenvalue weighted by atomic mass is 16.1. The maximum atomic E-state index is 12.1. The lowest BCUT2D eigenvalue weighted by molar-refractivity contribution is 0.872. The molecule has 3 aromatic heterocycles. The number of nitrogens with zero attached hydrogens (tertiary/aromatic N) is 3. The molecule has 0 saturated carbocycles. The summed E-state index contributed by atoms with van der Waals surface area (Å²) in [4.78, 5) is 24.0. The van der Waals surface area contributed by atoms with Crippen molar-refractivity contribution < 1.29 is 0 Å². The molecular formula is C16H14N4O. The first-order chi connectivity index (χ1) is 10.1. The van der Waals surface area contributed by atoms with Crippen molar-refractivity contribution in [2.75, 3.05) is 0 Å². The second kappa shape index (κ2) is 4.15. The Balaban J connectivity index is 1.97. The van der Waals surface area contributed by atoms with Crippen molar-refractivity contribution in [3.05, 3.63) is 46.6 Å². The molecule has 1 aliphatic heterocycles. The number of aromatic nitrogens is 3. The van der Waals surface area contributed by atoms with Crippen LogP contribution in [0.4, 0.5) is 5.82 Å². The van der Waals surface area contributed by atoms with Crippen molar-refractivity contribution in [2.45, 2.75) is 13.3 Å². The first kappa shape index (κ1) is 12.1. The number of hydrogen-bond donors (Lipinski definition) is 1. The summed E-state index contributed by atoms with van der Waals surface area (Å²) in [7, 11) is 1.76. The zero-order valence-electron chi connectivity index (χ0n) is 11.8. The van der Waals surface area contributed by atoms with Crippen LogP contribution >= 0.6 is 0 Å². The zero-order valence-corrected chi connectivity index (χ0v) is 11.8. The third-order valence-electron chi connectivity index (χ3n) is 3.89. The van der Waals surface area contributed by atoms with Crippen molar-refractivity contribution in [3.63, 3.8) is 0 Å². The molecule has 1 N–H and O–H groups in total. The maximum absolute atomic E-state index is 12.1. The molecule has 0 bridgehead atoms. The molecule has 0 unspecified atom stereocenters. The molecule has 0 radical (unpaired) electrons. The molecule has 0 fully saturated rings. The molecule has 0 saturated heterocycles. The Hall–Kier alpha value is -2.69. The number of pyridine rings is 2. The fourth-order valence-corrected chi connectivity index (χ4v) is 2.88. The van der Waals surface area contributed by atoms with Gasteiger partial charge in [0, 0.05) is 59.8 Å².